The largest absolute Gasteiger partial charge is 0.463 e. The number of carbonyl (C=O) groups excluding carboxylic acids is 1. The van der Waals surface area contributed by atoms with Crippen molar-refractivity contribution in [1.82, 2.24) is 14.6 Å². The highest BCUT2D eigenvalue weighted by atomic mass is 19.4. The molecule has 0 fully saturated rings. The number of anilines is 1. The van der Waals surface area contributed by atoms with Crippen molar-refractivity contribution < 1.29 is 22.4 Å². The lowest BCUT2D eigenvalue weighted by Crippen LogP contribution is -2.15. The Labute approximate surface area is 161 Å². The van der Waals surface area contributed by atoms with Gasteiger partial charge in [-0.2, -0.15) is 23.5 Å². The first-order valence-electron chi connectivity index (χ1n) is 8.18. The Morgan fingerprint density at radius 3 is 2.59 bits per heavy atom. The van der Waals surface area contributed by atoms with Crippen molar-refractivity contribution in [2.45, 2.75) is 6.18 Å². The van der Waals surface area contributed by atoms with E-state index in [1.807, 2.05) is 6.07 Å². The number of nitriles is 1. The normalized spacial score (nSPS) is 11.4. The molecule has 0 aliphatic heterocycles. The van der Waals surface area contributed by atoms with Crippen LogP contribution < -0.4 is 5.32 Å². The fourth-order valence-corrected chi connectivity index (χ4v) is 2.70. The van der Waals surface area contributed by atoms with Gasteiger partial charge in [-0.3, -0.25) is 4.79 Å². The molecule has 4 aromatic rings. The van der Waals surface area contributed by atoms with Gasteiger partial charge < -0.3 is 9.73 Å². The predicted molar refractivity (Wildman–Crippen MR) is 94.8 cm³/mol. The van der Waals surface area contributed by atoms with Gasteiger partial charge in [0.15, 0.2) is 17.1 Å². The fraction of sp³-hybridized carbons (Fsp3) is 0.0526. The maximum absolute atomic E-state index is 13.5. The van der Waals surface area contributed by atoms with Crippen molar-refractivity contribution in [3.8, 4) is 17.5 Å². The zero-order valence-electron chi connectivity index (χ0n) is 14.4. The van der Waals surface area contributed by atoms with Gasteiger partial charge in [0.2, 0.25) is 0 Å². The van der Waals surface area contributed by atoms with Crippen molar-refractivity contribution >= 4 is 17.2 Å². The minimum Gasteiger partial charge on any atom is -0.463 e. The third-order valence-corrected chi connectivity index (χ3v) is 4.05. The number of alkyl halides is 3. The maximum atomic E-state index is 13.5. The molecule has 7 nitrogen and oxygen atoms in total. The zero-order chi connectivity index (χ0) is 20.6. The summed E-state index contributed by atoms with van der Waals surface area (Å²) in [7, 11) is 0. The van der Waals surface area contributed by atoms with Crippen molar-refractivity contribution in [1.29, 1.82) is 5.26 Å². The number of aromatic nitrogens is 3. The molecule has 0 saturated heterocycles. The Morgan fingerprint density at radius 1 is 1.21 bits per heavy atom. The van der Waals surface area contributed by atoms with Crippen LogP contribution in [0.25, 0.3) is 17.1 Å². The van der Waals surface area contributed by atoms with Gasteiger partial charge in [0.25, 0.3) is 5.91 Å². The second kappa shape index (κ2) is 6.79. The first-order chi connectivity index (χ1) is 13.9. The summed E-state index contributed by atoms with van der Waals surface area (Å²) in [5.74, 6) is -0.570. The minimum absolute atomic E-state index is 0.0808. The maximum Gasteiger partial charge on any atom is 0.433 e. The molecule has 29 heavy (non-hydrogen) atoms. The number of fused-ring (bicyclic) bond motifs is 1. The number of furan rings is 1. The molecular weight excluding hydrogens is 387 g/mol. The van der Waals surface area contributed by atoms with Crippen LogP contribution in [0, 0.1) is 11.3 Å². The molecule has 0 radical (unpaired) electrons. The van der Waals surface area contributed by atoms with E-state index in [-0.39, 0.29) is 22.7 Å². The molecule has 0 unspecified atom stereocenters. The molecular formula is C19H10F3N5O2. The zero-order valence-corrected chi connectivity index (χ0v) is 14.4. The first-order valence-corrected chi connectivity index (χ1v) is 8.18. The van der Waals surface area contributed by atoms with E-state index in [0.717, 1.165) is 12.3 Å². The molecule has 0 bridgehead atoms. The van der Waals surface area contributed by atoms with Crippen molar-refractivity contribution in [2.75, 3.05) is 5.32 Å². The topological polar surface area (TPSA) is 96.2 Å². The number of benzene rings is 1. The Kier molecular flexibility index (Phi) is 4.27. The SMILES string of the molecule is N#Cc1ccc(NC(=O)c2cnn3c(C(F)(F)F)cc(-c4ccco4)nc23)cc1. The highest BCUT2D eigenvalue weighted by Gasteiger charge is 2.36. The lowest BCUT2D eigenvalue weighted by atomic mass is 10.2. The van der Waals surface area contributed by atoms with E-state index < -0.39 is 17.8 Å². The van der Waals surface area contributed by atoms with Crippen LogP contribution in [0.3, 0.4) is 0 Å². The third kappa shape index (κ3) is 3.41. The van der Waals surface area contributed by atoms with Crippen LogP contribution in [0.4, 0.5) is 18.9 Å². The Hall–Kier alpha value is -4.13. The number of carbonyl (C=O) groups is 1. The quantitative estimate of drug-likeness (QED) is 0.561. The van der Waals surface area contributed by atoms with Crippen molar-refractivity contribution in [2.24, 2.45) is 0 Å². The fourth-order valence-electron chi connectivity index (χ4n) is 2.70. The molecule has 0 atom stereocenters. The summed E-state index contributed by atoms with van der Waals surface area (Å²) in [5.41, 5.74) is -0.815. The lowest BCUT2D eigenvalue weighted by molar-refractivity contribution is -0.142. The highest BCUT2D eigenvalue weighted by Crippen LogP contribution is 2.33. The van der Waals surface area contributed by atoms with Gasteiger partial charge in [0.1, 0.15) is 11.3 Å². The number of nitrogens with zero attached hydrogens (tertiary/aromatic N) is 4. The average Bonchev–Trinajstić information content (AvgIpc) is 3.37. The van der Waals surface area contributed by atoms with Gasteiger partial charge in [-0.15, -0.1) is 0 Å². The van der Waals surface area contributed by atoms with Crippen LogP contribution in [0.15, 0.2) is 59.3 Å². The van der Waals surface area contributed by atoms with E-state index in [9.17, 15) is 18.0 Å². The summed E-state index contributed by atoms with van der Waals surface area (Å²) in [6.45, 7) is 0. The molecule has 1 aromatic carbocycles. The Morgan fingerprint density at radius 2 is 1.97 bits per heavy atom. The standard InChI is InChI=1S/C19H10F3N5O2/c20-19(21,22)16-8-14(15-2-1-7-29-15)26-17-13(10-24-27(16)17)18(28)25-12-5-3-11(9-23)4-6-12/h1-8,10H,(H,25,28). The van der Waals surface area contributed by atoms with Gasteiger partial charge in [-0.05, 0) is 42.5 Å². The third-order valence-electron chi connectivity index (χ3n) is 4.05. The van der Waals surface area contributed by atoms with E-state index in [2.05, 4.69) is 15.4 Å². The van der Waals surface area contributed by atoms with Crippen molar-refractivity contribution in [3.05, 3.63) is 71.7 Å². The molecule has 4 rings (SSSR count). The van der Waals surface area contributed by atoms with Gasteiger partial charge in [0, 0.05) is 5.69 Å². The second-order valence-electron chi connectivity index (χ2n) is 5.94. The Bertz CT molecular complexity index is 1240. The van der Waals surface area contributed by atoms with E-state index in [1.165, 1.54) is 42.7 Å². The molecule has 0 spiro atoms. The molecule has 3 aromatic heterocycles. The number of hydrogen-bond donors (Lipinski definition) is 1. The predicted octanol–water partition coefficient (Wildman–Crippen LogP) is 4.13. The summed E-state index contributed by atoms with van der Waals surface area (Å²) < 4.78 is 46.3. The molecule has 0 aliphatic carbocycles. The van der Waals surface area contributed by atoms with E-state index in [1.54, 1.807) is 0 Å². The Balaban J connectivity index is 1.79. The summed E-state index contributed by atoms with van der Waals surface area (Å²) in [5, 5.41) is 15.1. The van der Waals surface area contributed by atoms with Crippen LogP contribution in [0.5, 0.6) is 0 Å². The molecule has 10 heteroatoms. The van der Waals surface area contributed by atoms with Gasteiger partial charge in [0.05, 0.1) is 24.1 Å². The van der Waals surface area contributed by atoms with Crippen LogP contribution in [0.1, 0.15) is 21.6 Å². The summed E-state index contributed by atoms with van der Waals surface area (Å²) in [4.78, 5) is 16.8. The van der Waals surface area contributed by atoms with Crippen LogP contribution in [-0.4, -0.2) is 20.5 Å². The lowest BCUT2D eigenvalue weighted by Gasteiger charge is -2.10. The summed E-state index contributed by atoms with van der Waals surface area (Å²) >= 11 is 0. The first kappa shape index (κ1) is 18.2. The number of halogens is 3. The number of hydrogen-bond acceptors (Lipinski definition) is 5. The van der Waals surface area contributed by atoms with Gasteiger partial charge in [-0.1, -0.05) is 0 Å². The molecule has 0 saturated carbocycles. The molecule has 1 N–H and O–H groups in total. The molecule has 3 heterocycles. The van der Waals surface area contributed by atoms with E-state index in [4.69, 9.17) is 9.68 Å². The van der Waals surface area contributed by atoms with Crippen molar-refractivity contribution in [3.63, 3.8) is 0 Å². The monoisotopic (exact) mass is 397 g/mol. The van der Waals surface area contributed by atoms with Crippen LogP contribution >= 0.6 is 0 Å². The summed E-state index contributed by atoms with van der Waals surface area (Å²) in [6.07, 6.45) is -2.40. The number of amides is 1. The van der Waals surface area contributed by atoms with E-state index in [0.29, 0.717) is 15.8 Å². The number of nitrogens with one attached hydrogen (secondary N) is 1. The van der Waals surface area contributed by atoms with E-state index >= 15 is 0 Å². The molecule has 144 valence electrons. The van der Waals surface area contributed by atoms with Crippen LogP contribution in [0.2, 0.25) is 0 Å². The van der Waals surface area contributed by atoms with Crippen LogP contribution in [-0.2, 0) is 6.18 Å². The highest BCUT2D eigenvalue weighted by molar-refractivity contribution is 6.08. The minimum atomic E-state index is -4.73. The summed E-state index contributed by atoms with van der Waals surface area (Å²) in [6, 6.07) is 11.7. The van der Waals surface area contributed by atoms with Gasteiger partial charge >= 0.3 is 6.18 Å². The molecule has 0 aliphatic rings. The molecule has 1 amide bonds. The number of rotatable bonds is 3. The second-order valence-corrected chi connectivity index (χ2v) is 5.94. The smallest absolute Gasteiger partial charge is 0.433 e. The average molecular weight is 397 g/mol. The van der Waals surface area contributed by atoms with Gasteiger partial charge in [-0.25, -0.2) is 9.50 Å².